The molecule has 102 valence electrons. The van der Waals surface area contributed by atoms with E-state index in [2.05, 4.69) is 0 Å². The van der Waals surface area contributed by atoms with Crippen LogP contribution in [-0.2, 0) is 16.1 Å². The van der Waals surface area contributed by atoms with Gasteiger partial charge >= 0.3 is 5.97 Å². The van der Waals surface area contributed by atoms with Crippen molar-refractivity contribution < 1.29 is 23.9 Å². The van der Waals surface area contributed by atoms with Crippen molar-refractivity contribution in [3.63, 3.8) is 0 Å². The number of rotatable bonds is 3. The Morgan fingerprint density at radius 3 is 2.53 bits per heavy atom. The number of nitrogens with zero attached hydrogens (tertiary/aromatic N) is 1. The predicted molar refractivity (Wildman–Crippen MR) is 64.4 cm³/mol. The zero-order valence-corrected chi connectivity index (χ0v) is 11.0. The van der Waals surface area contributed by atoms with E-state index in [9.17, 15) is 14.4 Å². The second kappa shape index (κ2) is 4.22. The van der Waals surface area contributed by atoms with E-state index < -0.39 is 11.4 Å². The van der Waals surface area contributed by atoms with Crippen LogP contribution in [0.3, 0.4) is 0 Å². The SMILES string of the molecule is Cc1cc(CN2C(=O)CC(C)(C)C2=O)oc1C(=O)O. The average Bonchev–Trinajstić information content (AvgIpc) is 2.73. The van der Waals surface area contributed by atoms with Crippen molar-refractivity contribution >= 4 is 17.8 Å². The molecule has 1 aliphatic rings. The van der Waals surface area contributed by atoms with E-state index in [1.165, 1.54) is 6.07 Å². The Morgan fingerprint density at radius 2 is 2.11 bits per heavy atom. The Balaban J connectivity index is 2.23. The minimum atomic E-state index is -1.16. The van der Waals surface area contributed by atoms with Crippen LogP contribution in [0.5, 0.6) is 0 Å². The van der Waals surface area contributed by atoms with Crippen molar-refractivity contribution in [2.45, 2.75) is 33.7 Å². The summed E-state index contributed by atoms with van der Waals surface area (Å²) in [7, 11) is 0. The van der Waals surface area contributed by atoms with E-state index >= 15 is 0 Å². The molecule has 1 aromatic heterocycles. The summed E-state index contributed by atoms with van der Waals surface area (Å²) in [4.78, 5) is 35.8. The Morgan fingerprint density at radius 1 is 1.47 bits per heavy atom. The molecule has 6 heteroatoms. The lowest BCUT2D eigenvalue weighted by Crippen LogP contribution is -2.32. The summed E-state index contributed by atoms with van der Waals surface area (Å²) in [5, 5.41) is 8.89. The molecule has 0 spiro atoms. The fourth-order valence-electron chi connectivity index (χ4n) is 2.18. The van der Waals surface area contributed by atoms with Crippen LogP contribution >= 0.6 is 0 Å². The van der Waals surface area contributed by atoms with Crippen LogP contribution in [0, 0.1) is 12.3 Å². The third-order valence-corrected chi connectivity index (χ3v) is 3.20. The number of hydrogen-bond acceptors (Lipinski definition) is 4. The van der Waals surface area contributed by atoms with Crippen LogP contribution in [0.1, 0.15) is 42.1 Å². The smallest absolute Gasteiger partial charge is 0.372 e. The lowest BCUT2D eigenvalue weighted by atomic mass is 9.92. The normalized spacial score (nSPS) is 18.2. The molecular weight excluding hydrogens is 250 g/mol. The summed E-state index contributed by atoms with van der Waals surface area (Å²) < 4.78 is 5.16. The molecule has 0 aromatic carbocycles. The van der Waals surface area contributed by atoms with Crippen LogP contribution in [0.25, 0.3) is 0 Å². The van der Waals surface area contributed by atoms with E-state index in [1.54, 1.807) is 20.8 Å². The molecule has 1 aromatic rings. The Kier molecular flexibility index (Phi) is 2.96. The molecule has 0 unspecified atom stereocenters. The van der Waals surface area contributed by atoms with Crippen molar-refractivity contribution in [2.75, 3.05) is 0 Å². The molecule has 1 N–H and O–H groups in total. The van der Waals surface area contributed by atoms with Gasteiger partial charge in [0, 0.05) is 12.0 Å². The first-order valence-corrected chi connectivity index (χ1v) is 5.90. The van der Waals surface area contributed by atoms with Gasteiger partial charge in [-0.2, -0.15) is 0 Å². The first kappa shape index (κ1) is 13.3. The first-order chi connectivity index (χ1) is 8.72. The van der Waals surface area contributed by atoms with Crippen LogP contribution in [0.15, 0.2) is 10.5 Å². The quantitative estimate of drug-likeness (QED) is 0.838. The highest BCUT2D eigenvalue weighted by atomic mass is 16.4. The molecule has 1 fully saturated rings. The number of amides is 2. The van der Waals surface area contributed by atoms with E-state index in [1.807, 2.05) is 0 Å². The number of furan rings is 1. The molecule has 0 saturated carbocycles. The van der Waals surface area contributed by atoms with Gasteiger partial charge in [0.25, 0.3) is 0 Å². The number of carboxylic acids is 1. The maximum atomic E-state index is 12.0. The topological polar surface area (TPSA) is 87.8 Å². The summed E-state index contributed by atoms with van der Waals surface area (Å²) in [5.41, 5.74) is -0.227. The van der Waals surface area contributed by atoms with Crippen molar-refractivity contribution in [1.29, 1.82) is 0 Å². The van der Waals surface area contributed by atoms with Crippen LogP contribution in [0.4, 0.5) is 0 Å². The number of carboxylic acid groups (broad SMARTS) is 1. The molecule has 6 nitrogen and oxygen atoms in total. The van der Waals surface area contributed by atoms with E-state index in [-0.39, 0.29) is 30.5 Å². The highest BCUT2D eigenvalue weighted by Crippen LogP contribution is 2.33. The van der Waals surface area contributed by atoms with Gasteiger partial charge in [-0.3, -0.25) is 14.5 Å². The van der Waals surface area contributed by atoms with Crippen molar-refractivity contribution in [3.8, 4) is 0 Å². The van der Waals surface area contributed by atoms with Crippen LogP contribution in [-0.4, -0.2) is 27.8 Å². The Bertz CT molecular complexity index is 570. The molecular formula is C13H15NO5. The number of likely N-dealkylation sites (tertiary alicyclic amines) is 1. The Labute approximate surface area is 110 Å². The fraction of sp³-hybridized carbons (Fsp3) is 0.462. The third kappa shape index (κ3) is 2.25. The van der Waals surface area contributed by atoms with E-state index in [4.69, 9.17) is 9.52 Å². The lowest BCUT2D eigenvalue weighted by molar-refractivity contribution is -0.141. The van der Waals surface area contributed by atoms with Gasteiger partial charge in [0.05, 0.1) is 12.0 Å². The summed E-state index contributed by atoms with van der Waals surface area (Å²) >= 11 is 0. The highest BCUT2D eigenvalue weighted by Gasteiger charge is 2.44. The molecule has 19 heavy (non-hydrogen) atoms. The average molecular weight is 265 g/mol. The monoisotopic (exact) mass is 265 g/mol. The summed E-state index contributed by atoms with van der Waals surface area (Å²) in [6.45, 7) is 5.01. The lowest BCUT2D eigenvalue weighted by Gasteiger charge is -2.16. The minimum absolute atomic E-state index is 0.0186. The second-order valence-corrected chi connectivity index (χ2v) is 5.38. The number of carbonyl (C=O) groups is 3. The van der Waals surface area contributed by atoms with Gasteiger partial charge in [-0.05, 0) is 13.0 Å². The second-order valence-electron chi connectivity index (χ2n) is 5.38. The van der Waals surface area contributed by atoms with Gasteiger partial charge in [0.1, 0.15) is 5.76 Å². The summed E-state index contributed by atoms with van der Waals surface area (Å²) in [6, 6.07) is 1.54. The fourth-order valence-corrected chi connectivity index (χ4v) is 2.18. The Hall–Kier alpha value is -2.11. The predicted octanol–water partition coefficient (Wildman–Crippen LogP) is 1.57. The minimum Gasteiger partial charge on any atom is -0.475 e. The molecule has 0 aliphatic carbocycles. The van der Waals surface area contributed by atoms with Gasteiger partial charge in [-0.1, -0.05) is 13.8 Å². The number of aromatic carboxylic acids is 1. The standard InChI is InChI=1S/C13H15NO5/c1-7-4-8(19-10(7)11(16)17)6-14-9(15)5-13(2,3)12(14)18/h4H,5-6H2,1-3H3,(H,16,17). The number of hydrogen-bond donors (Lipinski definition) is 1. The van der Waals surface area contributed by atoms with Crippen molar-refractivity contribution in [2.24, 2.45) is 5.41 Å². The van der Waals surface area contributed by atoms with Gasteiger partial charge in [0.2, 0.25) is 17.6 Å². The summed E-state index contributed by atoms with van der Waals surface area (Å²) in [5.74, 6) is -1.55. The van der Waals surface area contributed by atoms with Crippen molar-refractivity contribution in [3.05, 3.63) is 23.2 Å². The van der Waals surface area contributed by atoms with Gasteiger partial charge in [0.15, 0.2) is 0 Å². The number of imide groups is 1. The first-order valence-electron chi connectivity index (χ1n) is 5.90. The van der Waals surface area contributed by atoms with Crippen LogP contribution < -0.4 is 0 Å². The number of aryl methyl sites for hydroxylation is 1. The molecule has 0 bridgehead atoms. The molecule has 0 radical (unpaired) electrons. The largest absolute Gasteiger partial charge is 0.475 e. The van der Waals surface area contributed by atoms with E-state index in [0.717, 1.165) is 4.90 Å². The maximum absolute atomic E-state index is 12.0. The number of carbonyl (C=O) groups excluding carboxylic acids is 2. The zero-order chi connectivity index (χ0) is 14.4. The molecule has 1 saturated heterocycles. The highest BCUT2D eigenvalue weighted by molar-refractivity contribution is 6.05. The van der Waals surface area contributed by atoms with E-state index in [0.29, 0.717) is 11.3 Å². The zero-order valence-electron chi connectivity index (χ0n) is 11.0. The molecule has 2 heterocycles. The van der Waals surface area contributed by atoms with Gasteiger partial charge < -0.3 is 9.52 Å². The molecule has 1 aliphatic heterocycles. The van der Waals surface area contributed by atoms with Gasteiger partial charge in [-0.15, -0.1) is 0 Å². The maximum Gasteiger partial charge on any atom is 0.372 e. The van der Waals surface area contributed by atoms with Gasteiger partial charge in [-0.25, -0.2) is 4.79 Å². The summed E-state index contributed by atoms with van der Waals surface area (Å²) in [6.07, 6.45) is 0.164. The van der Waals surface area contributed by atoms with Crippen molar-refractivity contribution in [1.82, 2.24) is 4.90 Å². The van der Waals surface area contributed by atoms with Crippen LogP contribution in [0.2, 0.25) is 0 Å². The molecule has 2 amide bonds. The third-order valence-electron chi connectivity index (χ3n) is 3.20. The molecule has 2 rings (SSSR count). The molecule has 0 atom stereocenters.